The molecule has 0 spiro atoms. The lowest BCUT2D eigenvalue weighted by molar-refractivity contribution is -0.121. The molecule has 1 aromatic rings. The van der Waals surface area contributed by atoms with Crippen LogP contribution < -0.4 is 5.32 Å². The van der Waals surface area contributed by atoms with Gasteiger partial charge in [0, 0.05) is 45.3 Å². The summed E-state index contributed by atoms with van der Waals surface area (Å²) in [5.74, 6) is -0.709. The standard InChI is InChI=1S/C15H23FN2O4S/c1-22-11-5-9-18(23(2,20)21)10-8-15(19)17-12-13-6-3-4-7-14(13)16/h3-4,6-7H,5,8-12H2,1-2H3,(H,17,19). The molecule has 0 radical (unpaired) electrons. The van der Waals surface area contributed by atoms with E-state index in [0.29, 0.717) is 25.1 Å². The van der Waals surface area contributed by atoms with Gasteiger partial charge in [-0.3, -0.25) is 4.79 Å². The summed E-state index contributed by atoms with van der Waals surface area (Å²) in [6.45, 7) is 0.915. The first-order valence-electron chi connectivity index (χ1n) is 7.28. The maximum Gasteiger partial charge on any atom is 0.221 e. The SMILES string of the molecule is COCCCN(CCC(=O)NCc1ccccc1F)S(C)(=O)=O. The molecule has 0 aliphatic rings. The van der Waals surface area contributed by atoms with E-state index < -0.39 is 10.0 Å². The normalized spacial score (nSPS) is 11.7. The highest BCUT2D eigenvalue weighted by molar-refractivity contribution is 7.88. The predicted molar refractivity (Wildman–Crippen MR) is 85.8 cm³/mol. The Morgan fingerprint density at radius 3 is 2.61 bits per heavy atom. The highest BCUT2D eigenvalue weighted by atomic mass is 32.2. The fourth-order valence-corrected chi connectivity index (χ4v) is 2.86. The van der Waals surface area contributed by atoms with Gasteiger partial charge in [-0.1, -0.05) is 18.2 Å². The smallest absolute Gasteiger partial charge is 0.221 e. The number of rotatable bonds is 10. The van der Waals surface area contributed by atoms with Crippen molar-refractivity contribution in [1.29, 1.82) is 0 Å². The monoisotopic (exact) mass is 346 g/mol. The van der Waals surface area contributed by atoms with Gasteiger partial charge >= 0.3 is 0 Å². The van der Waals surface area contributed by atoms with Crippen molar-refractivity contribution in [1.82, 2.24) is 9.62 Å². The number of carbonyl (C=O) groups excluding carboxylic acids is 1. The lowest BCUT2D eigenvalue weighted by Gasteiger charge is -2.19. The number of sulfonamides is 1. The molecule has 0 saturated heterocycles. The molecular formula is C15H23FN2O4S. The van der Waals surface area contributed by atoms with Crippen LogP contribution in [-0.2, 0) is 26.1 Å². The molecule has 0 aromatic heterocycles. The van der Waals surface area contributed by atoms with Gasteiger partial charge in [-0.2, -0.15) is 0 Å². The van der Waals surface area contributed by atoms with E-state index in [9.17, 15) is 17.6 Å². The minimum absolute atomic E-state index is 0.0223. The lowest BCUT2D eigenvalue weighted by atomic mass is 10.2. The number of hydrogen-bond acceptors (Lipinski definition) is 4. The van der Waals surface area contributed by atoms with E-state index in [-0.39, 0.29) is 31.2 Å². The van der Waals surface area contributed by atoms with Gasteiger partial charge in [0.2, 0.25) is 15.9 Å². The topological polar surface area (TPSA) is 75.7 Å². The van der Waals surface area contributed by atoms with Gasteiger partial charge in [0.1, 0.15) is 5.82 Å². The molecule has 0 aliphatic carbocycles. The third kappa shape index (κ3) is 7.54. The number of benzene rings is 1. The highest BCUT2D eigenvalue weighted by Gasteiger charge is 2.17. The Morgan fingerprint density at radius 1 is 1.30 bits per heavy atom. The second kappa shape index (κ2) is 9.59. The van der Waals surface area contributed by atoms with E-state index >= 15 is 0 Å². The van der Waals surface area contributed by atoms with Crippen LogP contribution in [0.4, 0.5) is 4.39 Å². The molecule has 0 aliphatic heterocycles. The van der Waals surface area contributed by atoms with Gasteiger partial charge in [-0.15, -0.1) is 0 Å². The Morgan fingerprint density at radius 2 is 2.00 bits per heavy atom. The molecule has 0 bridgehead atoms. The second-order valence-electron chi connectivity index (χ2n) is 5.13. The number of halogens is 1. The number of ether oxygens (including phenoxy) is 1. The van der Waals surface area contributed by atoms with E-state index in [1.54, 1.807) is 25.3 Å². The summed E-state index contributed by atoms with van der Waals surface area (Å²) in [5.41, 5.74) is 0.390. The van der Waals surface area contributed by atoms with Crippen LogP contribution in [0, 0.1) is 5.82 Å². The zero-order valence-electron chi connectivity index (χ0n) is 13.4. The summed E-state index contributed by atoms with van der Waals surface area (Å²) in [6.07, 6.45) is 1.69. The van der Waals surface area contributed by atoms with Crippen molar-refractivity contribution in [3.05, 3.63) is 35.6 Å². The highest BCUT2D eigenvalue weighted by Crippen LogP contribution is 2.06. The summed E-state index contributed by atoms with van der Waals surface area (Å²) >= 11 is 0. The molecule has 1 N–H and O–H groups in total. The van der Waals surface area contributed by atoms with E-state index in [2.05, 4.69) is 5.32 Å². The minimum atomic E-state index is -3.38. The Kier molecular flexibility index (Phi) is 8.15. The molecule has 0 atom stereocenters. The van der Waals surface area contributed by atoms with Crippen LogP contribution in [0.15, 0.2) is 24.3 Å². The Balaban J connectivity index is 2.44. The fraction of sp³-hybridized carbons (Fsp3) is 0.533. The first-order chi connectivity index (χ1) is 10.8. The third-order valence-corrected chi connectivity index (χ3v) is 4.55. The van der Waals surface area contributed by atoms with Gasteiger partial charge in [0.15, 0.2) is 0 Å². The Labute approximate surface area is 136 Å². The van der Waals surface area contributed by atoms with Crippen LogP contribution >= 0.6 is 0 Å². The van der Waals surface area contributed by atoms with Gasteiger partial charge in [0.05, 0.1) is 6.26 Å². The van der Waals surface area contributed by atoms with Crippen LogP contribution in [-0.4, -0.2) is 51.7 Å². The number of amides is 1. The minimum Gasteiger partial charge on any atom is -0.385 e. The number of methoxy groups -OCH3 is 1. The molecule has 0 heterocycles. The largest absolute Gasteiger partial charge is 0.385 e. The number of nitrogens with one attached hydrogen (secondary N) is 1. The maximum absolute atomic E-state index is 13.4. The molecule has 0 unspecified atom stereocenters. The predicted octanol–water partition coefficient (Wildman–Crippen LogP) is 1.13. The molecule has 1 aromatic carbocycles. The van der Waals surface area contributed by atoms with E-state index in [1.165, 1.54) is 10.4 Å². The van der Waals surface area contributed by atoms with Crippen molar-refractivity contribution < 1.29 is 22.3 Å². The molecule has 8 heteroatoms. The molecule has 0 saturated carbocycles. The summed E-state index contributed by atoms with van der Waals surface area (Å²) in [5, 5.41) is 2.59. The van der Waals surface area contributed by atoms with E-state index in [1.807, 2.05) is 0 Å². The summed E-state index contributed by atoms with van der Waals surface area (Å²) in [4.78, 5) is 11.8. The summed E-state index contributed by atoms with van der Waals surface area (Å²) in [6, 6.07) is 6.17. The molecular weight excluding hydrogens is 323 g/mol. The first kappa shape index (κ1) is 19.5. The number of hydrogen-bond donors (Lipinski definition) is 1. The Bertz CT molecular complexity index is 607. The molecule has 6 nitrogen and oxygen atoms in total. The van der Waals surface area contributed by atoms with Crippen molar-refractivity contribution in [2.24, 2.45) is 0 Å². The molecule has 130 valence electrons. The van der Waals surface area contributed by atoms with Gasteiger partial charge < -0.3 is 10.1 Å². The van der Waals surface area contributed by atoms with E-state index in [0.717, 1.165) is 6.26 Å². The van der Waals surface area contributed by atoms with Crippen molar-refractivity contribution in [3.8, 4) is 0 Å². The zero-order chi connectivity index (χ0) is 17.3. The summed E-state index contributed by atoms with van der Waals surface area (Å²) in [7, 11) is -1.83. The number of carbonyl (C=O) groups is 1. The lowest BCUT2D eigenvalue weighted by Crippen LogP contribution is -2.35. The van der Waals surface area contributed by atoms with Crippen molar-refractivity contribution in [2.75, 3.05) is 33.1 Å². The van der Waals surface area contributed by atoms with Crippen LogP contribution in [0.3, 0.4) is 0 Å². The zero-order valence-corrected chi connectivity index (χ0v) is 14.2. The van der Waals surface area contributed by atoms with Gasteiger partial charge in [0.25, 0.3) is 0 Å². The van der Waals surface area contributed by atoms with Crippen LogP contribution in [0.25, 0.3) is 0 Å². The summed E-state index contributed by atoms with van der Waals surface area (Å²) < 4.78 is 42.9. The Hall–Kier alpha value is -1.51. The van der Waals surface area contributed by atoms with Crippen molar-refractivity contribution in [2.45, 2.75) is 19.4 Å². The molecule has 23 heavy (non-hydrogen) atoms. The van der Waals surface area contributed by atoms with Crippen LogP contribution in [0.2, 0.25) is 0 Å². The van der Waals surface area contributed by atoms with Crippen LogP contribution in [0.1, 0.15) is 18.4 Å². The average Bonchev–Trinajstić information content (AvgIpc) is 2.48. The van der Waals surface area contributed by atoms with Crippen molar-refractivity contribution >= 4 is 15.9 Å². The molecule has 1 amide bonds. The second-order valence-corrected chi connectivity index (χ2v) is 7.11. The average molecular weight is 346 g/mol. The van der Waals surface area contributed by atoms with Gasteiger partial charge in [-0.25, -0.2) is 17.1 Å². The molecule has 1 rings (SSSR count). The first-order valence-corrected chi connectivity index (χ1v) is 9.13. The molecule has 0 fully saturated rings. The van der Waals surface area contributed by atoms with E-state index in [4.69, 9.17) is 4.74 Å². The fourth-order valence-electron chi connectivity index (χ4n) is 1.98. The third-order valence-electron chi connectivity index (χ3n) is 3.25. The number of nitrogens with zero attached hydrogens (tertiary/aromatic N) is 1. The van der Waals surface area contributed by atoms with Gasteiger partial charge in [-0.05, 0) is 12.5 Å². The van der Waals surface area contributed by atoms with Crippen LogP contribution in [0.5, 0.6) is 0 Å². The maximum atomic E-state index is 13.4. The van der Waals surface area contributed by atoms with Crippen molar-refractivity contribution in [3.63, 3.8) is 0 Å². The quantitative estimate of drug-likeness (QED) is 0.645.